The lowest BCUT2D eigenvalue weighted by Gasteiger charge is -2.20. The second-order valence-corrected chi connectivity index (χ2v) is 14.5. The van der Waals surface area contributed by atoms with Gasteiger partial charge in [0.25, 0.3) is 0 Å². The second-order valence-electron chi connectivity index (χ2n) is 12.2. The molecule has 0 atom stereocenters. The minimum atomic E-state index is -3.93. The summed E-state index contributed by atoms with van der Waals surface area (Å²) in [7, 11) is 4.57. The van der Waals surface area contributed by atoms with E-state index in [1.165, 1.54) is 30.3 Å². The van der Waals surface area contributed by atoms with Gasteiger partial charge in [-0.1, -0.05) is 58.1 Å². The molecule has 0 aliphatic rings. The fourth-order valence-corrected chi connectivity index (χ4v) is 5.19. The first kappa shape index (κ1) is 37.7. The fraction of sp³-hybridized carbons (Fsp3) is 0.516. The van der Waals surface area contributed by atoms with E-state index in [1.54, 1.807) is 0 Å². The summed E-state index contributed by atoms with van der Waals surface area (Å²) in [4.78, 5) is 25.0. The Morgan fingerprint density at radius 3 is 1.84 bits per heavy atom. The molecular weight excluding hydrogens is 615 g/mol. The van der Waals surface area contributed by atoms with Crippen LogP contribution in [0.15, 0.2) is 45.5 Å². The van der Waals surface area contributed by atoms with Gasteiger partial charge in [0.2, 0.25) is 21.8 Å². The van der Waals surface area contributed by atoms with E-state index in [-0.39, 0.29) is 46.6 Å². The third kappa shape index (κ3) is 14.0. The molecule has 0 radical (unpaired) electrons. The molecule has 2 amide bonds. The van der Waals surface area contributed by atoms with Gasteiger partial charge in [-0.3, -0.25) is 9.59 Å². The molecule has 0 unspecified atom stereocenters. The van der Waals surface area contributed by atoms with E-state index in [4.69, 9.17) is 5.14 Å². The van der Waals surface area contributed by atoms with Crippen molar-refractivity contribution in [3.63, 3.8) is 0 Å². The zero-order valence-electron chi connectivity index (χ0n) is 27.2. The standard InChI is InChI=1S/C27H36N6O5S2.C4H12N/c1-3-5-7-9-11-24(34)29-22-15-18(16-23(26(22)36)30-25(35)12-10-8-6-4-2)31-32-27-20-17-19(40(28,37)38)13-14-21(20)33-39-27;1-5(2,3)4/h13-17,36H,3-12H2,1-2H3,(H,29,34)(H,30,35)(H2,28,37,38);1-4H3/q;+1/p-1. The van der Waals surface area contributed by atoms with Gasteiger partial charge in [-0.25, -0.2) is 13.6 Å². The van der Waals surface area contributed by atoms with E-state index in [9.17, 15) is 23.1 Å². The first-order valence-electron chi connectivity index (χ1n) is 15.2. The van der Waals surface area contributed by atoms with E-state index < -0.39 is 15.8 Å². The zero-order chi connectivity index (χ0) is 33.6. The van der Waals surface area contributed by atoms with Crippen LogP contribution in [-0.2, 0) is 19.6 Å². The van der Waals surface area contributed by atoms with Crippen molar-refractivity contribution in [1.29, 1.82) is 0 Å². The van der Waals surface area contributed by atoms with Gasteiger partial charge in [0.1, 0.15) is 0 Å². The number of aromatic nitrogens is 1. The van der Waals surface area contributed by atoms with Gasteiger partial charge in [-0.15, -0.1) is 10.2 Å². The quantitative estimate of drug-likeness (QED) is 0.0941. The van der Waals surface area contributed by atoms with Crippen molar-refractivity contribution in [1.82, 2.24) is 4.37 Å². The van der Waals surface area contributed by atoms with Crippen molar-refractivity contribution in [3.05, 3.63) is 30.3 Å². The number of benzene rings is 2. The summed E-state index contributed by atoms with van der Waals surface area (Å²) in [6.45, 7) is 4.16. The number of nitrogens with zero attached hydrogens (tertiary/aromatic N) is 4. The van der Waals surface area contributed by atoms with Gasteiger partial charge in [0.15, 0.2) is 5.00 Å². The first-order valence-corrected chi connectivity index (χ1v) is 17.5. The minimum Gasteiger partial charge on any atom is -0.870 e. The Kier molecular flexibility index (Phi) is 15.0. The number of azo groups is 1. The number of nitrogens with two attached hydrogens (primary N) is 1. The molecule has 0 spiro atoms. The van der Waals surface area contributed by atoms with Crippen LogP contribution >= 0.6 is 11.5 Å². The highest BCUT2D eigenvalue weighted by Crippen LogP contribution is 2.38. The zero-order valence-corrected chi connectivity index (χ0v) is 28.8. The van der Waals surface area contributed by atoms with Crippen LogP contribution in [0.2, 0.25) is 0 Å². The van der Waals surface area contributed by atoms with E-state index >= 15 is 0 Å². The Morgan fingerprint density at radius 2 is 1.38 bits per heavy atom. The summed E-state index contributed by atoms with van der Waals surface area (Å²) in [6.07, 6.45) is 7.90. The smallest absolute Gasteiger partial charge is 0.238 e. The van der Waals surface area contributed by atoms with Crippen LogP contribution in [0.25, 0.3) is 10.9 Å². The predicted molar refractivity (Wildman–Crippen MR) is 180 cm³/mol. The molecule has 14 heteroatoms. The highest BCUT2D eigenvalue weighted by atomic mass is 32.2. The second kappa shape index (κ2) is 17.9. The van der Waals surface area contributed by atoms with E-state index in [0.717, 1.165) is 54.5 Å². The number of hydrogen-bond donors (Lipinski definition) is 3. The molecule has 1 heterocycles. The summed E-state index contributed by atoms with van der Waals surface area (Å²) in [5, 5.41) is 32.9. The number of anilines is 2. The van der Waals surface area contributed by atoms with Crippen molar-refractivity contribution < 1.29 is 27.6 Å². The first-order chi connectivity index (χ1) is 21.1. The number of carbonyl (C=O) groups is 2. The molecule has 3 aromatic rings. The van der Waals surface area contributed by atoms with Crippen molar-refractivity contribution >= 4 is 66.3 Å². The van der Waals surface area contributed by atoms with Crippen molar-refractivity contribution in [2.24, 2.45) is 15.4 Å². The number of nitrogens with one attached hydrogen (secondary N) is 2. The summed E-state index contributed by atoms with van der Waals surface area (Å²) >= 11 is 1.01. The molecule has 1 aromatic heterocycles. The Balaban J connectivity index is 0.00000130. The number of fused-ring (bicyclic) bond motifs is 1. The predicted octanol–water partition coefficient (Wildman–Crippen LogP) is 6.57. The average molecular weight is 662 g/mol. The van der Waals surface area contributed by atoms with Gasteiger partial charge in [0.05, 0.1) is 44.3 Å². The van der Waals surface area contributed by atoms with Crippen LogP contribution in [0.3, 0.4) is 0 Å². The van der Waals surface area contributed by atoms with Crippen molar-refractivity contribution in [2.45, 2.75) is 83.0 Å². The van der Waals surface area contributed by atoms with Crippen LogP contribution in [0, 0.1) is 0 Å². The molecule has 2 aromatic carbocycles. The molecule has 3 rings (SSSR count). The fourth-order valence-electron chi connectivity index (χ4n) is 3.97. The minimum absolute atomic E-state index is 0.0103. The molecule has 4 N–H and O–H groups in total. The van der Waals surface area contributed by atoms with Gasteiger partial charge >= 0.3 is 0 Å². The highest BCUT2D eigenvalue weighted by molar-refractivity contribution is 7.89. The third-order valence-electron chi connectivity index (χ3n) is 6.15. The molecular formula is C31H47N7O5S2. The number of sulfonamides is 1. The lowest BCUT2D eigenvalue weighted by atomic mass is 10.1. The number of carbonyl (C=O) groups excluding carboxylic acids is 2. The van der Waals surface area contributed by atoms with Gasteiger partial charge in [-0.05, 0) is 54.7 Å². The summed E-state index contributed by atoms with van der Waals surface area (Å²) in [5.41, 5.74) is 0.715. The van der Waals surface area contributed by atoms with Crippen LogP contribution in [0.1, 0.15) is 78.1 Å². The van der Waals surface area contributed by atoms with E-state index in [0.29, 0.717) is 28.7 Å². The maximum absolute atomic E-state index is 13.1. The molecule has 0 fully saturated rings. The molecule has 0 aliphatic carbocycles. The number of primary sulfonamides is 1. The number of amides is 2. The molecule has 45 heavy (non-hydrogen) atoms. The van der Waals surface area contributed by atoms with Gasteiger partial charge in [-0.2, -0.15) is 4.37 Å². The van der Waals surface area contributed by atoms with Crippen LogP contribution in [0.4, 0.5) is 22.1 Å². The topological polar surface area (TPSA) is 179 Å². The number of rotatable bonds is 15. The van der Waals surface area contributed by atoms with Crippen molar-refractivity contribution in [3.8, 4) is 5.75 Å². The van der Waals surface area contributed by atoms with Gasteiger partial charge < -0.3 is 20.2 Å². The monoisotopic (exact) mass is 661 g/mol. The number of hydrogen-bond acceptors (Lipinski definition) is 9. The highest BCUT2D eigenvalue weighted by Gasteiger charge is 2.14. The number of quaternary nitrogens is 1. The molecule has 248 valence electrons. The Labute approximate surface area is 270 Å². The summed E-state index contributed by atoms with van der Waals surface area (Å²) < 4.78 is 28.8. The third-order valence-corrected chi connectivity index (χ3v) is 7.82. The lowest BCUT2D eigenvalue weighted by Crippen LogP contribution is -2.27. The molecule has 0 bridgehead atoms. The number of unbranched alkanes of at least 4 members (excludes halogenated alkanes) is 6. The van der Waals surface area contributed by atoms with E-state index in [1.807, 2.05) is 0 Å². The molecule has 0 saturated heterocycles. The Hall–Kier alpha value is -3.46. The van der Waals surface area contributed by atoms with Crippen molar-refractivity contribution in [2.75, 3.05) is 38.8 Å². The van der Waals surface area contributed by atoms with Gasteiger partial charge in [0, 0.05) is 29.6 Å². The molecule has 0 aliphatic heterocycles. The van der Waals surface area contributed by atoms with Crippen LogP contribution in [0.5, 0.6) is 5.75 Å². The van der Waals surface area contributed by atoms with Crippen LogP contribution < -0.4 is 20.9 Å². The van der Waals surface area contributed by atoms with E-state index in [2.05, 4.69) is 67.3 Å². The lowest BCUT2D eigenvalue weighted by molar-refractivity contribution is -0.849. The largest absolute Gasteiger partial charge is 0.870 e. The molecule has 0 saturated carbocycles. The Bertz CT molecular complexity index is 1510. The maximum Gasteiger partial charge on any atom is 0.238 e. The molecule has 12 nitrogen and oxygen atoms in total. The Morgan fingerprint density at radius 1 is 0.867 bits per heavy atom. The normalized spacial score (nSPS) is 11.8. The summed E-state index contributed by atoms with van der Waals surface area (Å²) in [5.74, 6) is -1.13. The van der Waals surface area contributed by atoms with Crippen LogP contribution in [-0.4, -0.2) is 57.3 Å². The SMILES string of the molecule is CCCCCCC(=O)Nc1cc(N=Nc2snc3ccc(S(N)(=O)=O)cc23)cc(NC(=O)CCCCCC)c1[O-].C[N+](C)(C)C. The summed E-state index contributed by atoms with van der Waals surface area (Å²) in [6, 6.07) is 7.05. The average Bonchev–Trinajstić information content (AvgIpc) is 3.35. The maximum atomic E-state index is 13.1.